The first-order chi connectivity index (χ1) is 7.88. The van der Waals surface area contributed by atoms with Gasteiger partial charge in [0.1, 0.15) is 12.1 Å². The van der Waals surface area contributed by atoms with Gasteiger partial charge in [-0.05, 0) is 6.42 Å². The molecule has 0 bridgehead atoms. The third-order valence-corrected chi connectivity index (χ3v) is 1.68. The third kappa shape index (κ3) is 6.45. The van der Waals surface area contributed by atoms with Crippen LogP contribution in [0.4, 0.5) is 0 Å². The van der Waals surface area contributed by atoms with Crippen molar-refractivity contribution >= 4 is 17.9 Å². The van der Waals surface area contributed by atoms with Crippen molar-refractivity contribution in [3.8, 4) is 0 Å². The molecule has 0 rings (SSSR count). The smallest absolute Gasteiger partial charge is 0.374 e. The second kappa shape index (κ2) is 7.54. The lowest BCUT2D eigenvalue weighted by Crippen LogP contribution is -2.38. The second-order valence-electron chi connectivity index (χ2n) is 3.13. The Kier molecular flexibility index (Phi) is 6.79. The number of hydrogen-bond donors (Lipinski definition) is 4. The van der Waals surface area contributed by atoms with Crippen LogP contribution in [0.15, 0.2) is 0 Å². The van der Waals surface area contributed by atoms with Crippen LogP contribution in [0.1, 0.15) is 12.8 Å². The first-order valence-electron chi connectivity index (χ1n) is 4.64. The number of carbonyl (C=O) groups is 3. The van der Waals surface area contributed by atoms with E-state index in [4.69, 9.17) is 21.7 Å². The van der Waals surface area contributed by atoms with E-state index in [9.17, 15) is 14.4 Å². The molecule has 17 heavy (non-hydrogen) atoms. The van der Waals surface area contributed by atoms with Gasteiger partial charge in [0.25, 0.3) is 0 Å². The highest BCUT2D eigenvalue weighted by molar-refractivity contribution is 5.79. The fraction of sp³-hybridized carbons (Fsp3) is 0.625. The number of carbonyl (C=O) groups excluding carboxylic acids is 2. The predicted molar refractivity (Wildman–Crippen MR) is 52.1 cm³/mol. The quantitative estimate of drug-likeness (QED) is 0.294. The van der Waals surface area contributed by atoms with E-state index in [1.807, 2.05) is 0 Å². The van der Waals surface area contributed by atoms with E-state index >= 15 is 0 Å². The van der Waals surface area contributed by atoms with E-state index in [1.165, 1.54) is 0 Å². The van der Waals surface area contributed by atoms with Crippen LogP contribution in [0.2, 0.25) is 0 Å². The molecule has 0 radical (unpaired) electrons. The Morgan fingerprint density at radius 1 is 1.06 bits per heavy atom. The molecule has 0 aromatic rings. The zero-order chi connectivity index (χ0) is 13.4. The summed E-state index contributed by atoms with van der Waals surface area (Å²) < 4.78 is 0. The van der Waals surface area contributed by atoms with Crippen LogP contribution in [-0.4, -0.2) is 46.8 Å². The molecular formula is C8H14N2O7. The lowest BCUT2D eigenvalue weighted by Gasteiger charge is -2.10. The Hall–Kier alpha value is -1.71. The van der Waals surface area contributed by atoms with Crippen molar-refractivity contribution in [3.05, 3.63) is 0 Å². The Bertz CT molecular complexity index is 294. The molecule has 0 spiro atoms. The van der Waals surface area contributed by atoms with Gasteiger partial charge in [-0.1, -0.05) is 0 Å². The molecule has 0 unspecified atom stereocenters. The molecule has 0 saturated heterocycles. The van der Waals surface area contributed by atoms with E-state index in [0.717, 1.165) is 0 Å². The zero-order valence-electron chi connectivity index (χ0n) is 8.87. The maximum atomic E-state index is 11.1. The average molecular weight is 250 g/mol. The molecule has 9 heteroatoms. The maximum Gasteiger partial charge on any atom is 0.374 e. The van der Waals surface area contributed by atoms with Crippen LogP contribution in [0.25, 0.3) is 0 Å². The largest absolute Gasteiger partial charge is 0.481 e. The van der Waals surface area contributed by atoms with E-state index in [1.54, 1.807) is 0 Å². The summed E-state index contributed by atoms with van der Waals surface area (Å²) in [4.78, 5) is 40.1. The predicted octanol–water partition coefficient (Wildman–Crippen LogP) is -2.50. The third-order valence-electron chi connectivity index (χ3n) is 1.68. The summed E-state index contributed by atoms with van der Waals surface area (Å²) in [7, 11) is 0. The first kappa shape index (κ1) is 15.3. The van der Waals surface area contributed by atoms with E-state index in [2.05, 4.69) is 9.78 Å². The molecule has 0 saturated carbocycles. The molecule has 0 fully saturated rings. The number of nitrogens with two attached hydrogens (primary N) is 2. The molecule has 0 aliphatic heterocycles. The van der Waals surface area contributed by atoms with Gasteiger partial charge < -0.3 is 21.7 Å². The van der Waals surface area contributed by atoms with Gasteiger partial charge in [-0.3, -0.25) is 4.79 Å². The lowest BCUT2D eigenvalue weighted by atomic mass is 10.2. The number of aliphatic carboxylic acids is 1. The van der Waals surface area contributed by atoms with E-state index in [-0.39, 0.29) is 12.8 Å². The number of rotatable bonds is 6. The number of hydrogen-bond acceptors (Lipinski definition) is 8. The summed E-state index contributed by atoms with van der Waals surface area (Å²) in [6.07, 6.45) is -0.474. The van der Waals surface area contributed by atoms with Crippen LogP contribution < -0.4 is 11.5 Å². The Morgan fingerprint density at radius 3 is 1.94 bits per heavy atom. The molecule has 0 aromatic carbocycles. The lowest BCUT2D eigenvalue weighted by molar-refractivity contribution is -0.261. The Balaban J connectivity index is 3.93. The molecule has 0 aliphatic carbocycles. The maximum absolute atomic E-state index is 11.1. The van der Waals surface area contributed by atoms with Crippen molar-refractivity contribution in [1.82, 2.24) is 0 Å². The summed E-state index contributed by atoms with van der Waals surface area (Å²) in [6, 6.07) is -2.54. The molecule has 98 valence electrons. The van der Waals surface area contributed by atoms with E-state index < -0.39 is 36.6 Å². The van der Waals surface area contributed by atoms with E-state index in [0.29, 0.717) is 0 Å². The molecular weight excluding hydrogens is 236 g/mol. The minimum Gasteiger partial charge on any atom is -0.481 e. The summed E-state index contributed by atoms with van der Waals surface area (Å²) >= 11 is 0. The molecule has 0 amide bonds. The highest BCUT2D eigenvalue weighted by Gasteiger charge is 2.21. The number of aliphatic hydroxyl groups is 1. The van der Waals surface area contributed by atoms with Crippen molar-refractivity contribution in [3.63, 3.8) is 0 Å². The average Bonchev–Trinajstić information content (AvgIpc) is 2.31. The summed E-state index contributed by atoms with van der Waals surface area (Å²) in [5, 5.41) is 16.8. The van der Waals surface area contributed by atoms with Gasteiger partial charge in [-0.2, -0.15) is 0 Å². The Morgan fingerprint density at radius 2 is 1.53 bits per heavy atom. The van der Waals surface area contributed by atoms with Gasteiger partial charge in [0, 0.05) is 6.42 Å². The standard InChI is InChI=1S/C8H14N2O7/c9-4(1-2-6(12)13)7(14)16-17-8(15)5(10)3-11/h4-5,11H,1-3,9-10H2,(H,12,13)/t4-,5-/m1/s1. The highest BCUT2D eigenvalue weighted by Crippen LogP contribution is 1.98. The molecule has 2 atom stereocenters. The molecule has 0 heterocycles. The van der Waals surface area contributed by atoms with Crippen molar-refractivity contribution < 1.29 is 34.4 Å². The molecule has 9 nitrogen and oxygen atoms in total. The molecule has 0 aliphatic rings. The minimum atomic E-state index is -1.32. The second-order valence-corrected chi connectivity index (χ2v) is 3.13. The fourth-order valence-corrected chi connectivity index (χ4v) is 0.677. The molecule has 6 N–H and O–H groups in total. The zero-order valence-corrected chi connectivity index (χ0v) is 8.87. The number of aliphatic hydroxyl groups excluding tert-OH is 1. The summed E-state index contributed by atoms with van der Waals surface area (Å²) in [5.74, 6) is -3.34. The van der Waals surface area contributed by atoms with Crippen LogP contribution >= 0.6 is 0 Å². The number of carboxylic acid groups (broad SMARTS) is 1. The van der Waals surface area contributed by atoms with Crippen molar-refractivity contribution in [2.24, 2.45) is 11.5 Å². The van der Waals surface area contributed by atoms with Gasteiger partial charge >= 0.3 is 17.9 Å². The van der Waals surface area contributed by atoms with Crippen LogP contribution in [0, 0.1) is 0 Å². The van der Waals surface area contributed by atoms with Crippen molar-refractivity contribution in [2.45, 2.75) is 24.9 Å². The summed E-state index contributed by atoms with van der Waals surface area (Å²) in [5.41, 5.74) is 10.3. The van der Waals surface area contributed by atoms with Gasteiger partial charge in [0.15, 0.2) is 0 Å². The normalized spacial score (nSPS) is 13.6. The van der Waals surface area contributed by atoms with Crippen molar-refractivity contribution in [1.29, 1.82) is 0 Å². The van der Waals surface area contributed by atoms with Crippen LogP contribution in [-0.2, 0) is 24.2 Å². The topological polar surface area (TPSA) is 162 Å². The fourth-order valence-electron chi connectivity index (χ4n) is 0.677. The molecule has 0 aromatic heterocycles. The van der Waals surface area contributed by atoms with Gasteiger partial charge in [0.05, 0.1) is 6.61 Å². The van der Waals surface area contributed by atoms with Crippen LogP contribution in [0.3, 0.4) is 0 Å². The number of carboxylic acids is 1. The minimum absolute atomic E-state index is 0.155. The van der Waals surface area contributed by atoms with Crippen LogP contribution in [0.5, 0.6) is 0 Å². The summed E-state index contributed by atoms with van der Waals surface area (Å²) in [6.45, 7) is -0.665. The van der Waals surface area contributed by atoms with Gasteiger partial charge in [0.2, 0.25) is 0 Å². The van der Waals surface area contributed by atoms with Crippen molar-refractivity contribution in [2.75, 3.05) is 6.61 Å². The highest BCUT2D eigenvalue weighted by atomic mass is 17.2. The van der Waals surface area contributed by atoms with Gasteiger partial charge in [-0.15, -0.1) is 0 Å². The van der Waals surface area contributed by atoms with Gasteiger partial charge in [-0.25, -0.2) is 19.4 Å². The monoisotopic (exact) mass is 250 g/mol. The Labute approximate surface area is 96.2 Å². The first-order valence-corrected chi connectivity index (χ1v) is 4.64. The SMILES string of the molecule is N[C@H](CO)C(=O)OOC(=O)[C@H](N)CCC(=O)O.